The number of nitriles is 1. The van der Waals surface area contributed by atoms with Gasteiger partial charge in [0, 0.05) is 13.1 Å². The third kappa shape index (κ3) is 3.23. The molecule has 1 fully saturated rings. The zero-order valence-electron chi connectivity index (χ0n) is 12.5. The van der Waals surface area contributed by atoms with E-state index in [0.717, 1.165) is 0 Å². The van der Waals surface area contributed by atoms with Gasteiger partial charge in [0.05, 0.1) is 30.7 Å². The fourth-order valence-corrected chi connectivity index (χ4v) is 2.51. The fraction of sp³-hybridized carbons (Fsp3) is 0.312. The van der Waals surface area contributed by atoms with Crippen LogP contribution in [-0.2, 0) is 4.74 Å². The lowest BCUT2D eigenvalue weighted by molar-refractivity contribution is 0.0381. The molecule has 0 amide bonds. The van der Waals surface area contributed by atoms with E-state index in [-0.39, 0.29) is 29.3 Å². The summed E-state index contributed by atoms with van der Waals surface area (Å²) in [5.41, 5.74) is 0.134. The van der Waals surface area contributed by atoms with Crippen molar-refractivity contribution in [3.05, 3.63) is 46.2 Å². The van der Waals surface area contributed by atoms with Crippen LogP contribution < -0.4 is 5.56 Å². The van der Waals surface area contributed by atoms with Crippen LogP contribution >= 0.6 is 0 Å². The van der Waals surface area contributed by atoms with Crippen molar-refractivity contribution in [3.8, 4) is 6.07 Å². The van der Waals surface area contributed by atoms with E-state index in [0.29, 0.717) is 37.2 Å². The number of allylic oxidation sites excluding steroid dienone is 1. The second kappa shape index (κ2) is 6.60. The standard InChI is InChI=1S/C16H16N4O3/c17-9-12(14(21)10-20-5-7-23-8-6-20)15-18-13-4-2-1-3-11(13)16(22)19-15/h1-4,21H,5-8,10H2,(H,18,19,22)/b14-12-. The Balaban J connectivity index is 1.98. The molecule has 7 heteroatoms. The predicted molar refractivity (Wildman–Crippen MR) is 84.8 cm³/mol. The zero-order valence-corrected chi connectivity index (χ0v) is 12.5. The highest BCUT2D eigenvalue weighted by atomic mass is 16.5. The number of hydrogen-bond donors (Lipinski definition) is 2. The summed E-state index contributed by atoms with van der Waals surface area (Å²) in [5.74, 6) is -0.0187. The number of ether oxygens (including phenoxy) is 1. The Bertz CT molecular complexity index is 844. The number of nitrogens with zero attached hydrogens (tertiary/aromatic N) is 3. The number of hydrogen-bond acceptors (Lipinski definition) is 6. The van der Waals surface area contributed by atoms with Crippen molar-refractivity contribution in [2.45, 2.75) is 0 Å². The number of aromatic amines is 1. The minimum atomic E-state index is -0.336. The molecule has 0 saturated carbocycles. The third-order valence-electron chi connectivity index (χ3n) is 3.73. The summed E-state index contributed by atoms with van der Waals surface area (Å²) in [6.45, 7) is 2.79. The van der Waals surface area contributed by atoms with Gasteiger partial charge in [0.1, 0.15) is 17.4 Å². The van der Waals surface area contributed by atoms with Crippen molar-refractivity contribution in [2.24, 2.45) is 0 Å². The van der Waals surface area contributed by atoms with E-state index in [1.807, 2.05) is 11.0 Å². The van der Waals surface area contributed by atoms with Crippen LogP contribution in [0, 0.1) is 11.3 Å². The maximum atomic E-state index is 12.1. The Kier molecular flexibility index (Phi) is 4.37. The molecule has 0 spiro atoms. The number of benzene rings is 1. The second-order valence-corrected chi connectivity index (χ2v) is 5.25. The van der Waals surface area contributed by atoms with Crippen LogP contribution in [0.15, 0.2) is 34.8 Å². The summed E-state index contributed by atoms with van der Waals surface area (Å²) in [6, 6.07) is 8.81. The van der Waals surface area contributed by atoms with E-state index in [2.05, 4.69) is 9.97 Å². The SMILES string of the molecule is N#C/C(=C(/O)CN1CCOCC1)c1nc2ccccc2c(=O)[nH]1. The van der Waals surface area contributed by atoms with Gasteiger partial charge in [0.25, 0.3) is 5.56 Å². The van der Waals surface area contributed by atoms with Gasteiger partial charge in [-0.1, -0.05) is 12.1 Å². The Hall–Kier alpha value is -2.69. The minimum Gasteiger partial charge on any atom is -0.509 e. The normalized spacial score (nSPS) is 16.8. The highest BCUT2D eigenvalue weighted by Crippen LogP contribution is 2.16. The molecule has 3 rings (SSSR count). The van der Waals surface area contributed by atoms with E-state index in [1.54, 1.807) is 24.3 Å². The largest absolute Gasteiger partial charge is 0.509 e. The third-order valence-corrected chi connectivity index (χ3v) is 3.73. The van der Waals surface area contributed by atoms with Crippen LogP contribution in [0.25, 0.3) is 16.5 Å². The molecule has 1 saturated heterocycles. The van der Waals surface area contributed by atoms with Crippen LogP contribution in [-0.4, -0.2) is 52.8 Å². The Morgan fingerprint density at radius 3 is 2.87 bits per heavy atom. The van der Waals surface area contributed by atoms with Gasteiger partial charge in [0.15, 0.2) is 5.82 Å². The lowest BCUT2D eigenvalue weighted by Gasteiger charge is -2.26. The molecule has 0 aliphatic carbocycles. The number of aliphatic hydroxyl groups excluding tert-OH is 1. The van der Waals surface area contributed by atoms with Crippen molar-refractivity contribution in [1.82, 2.24) is 14.9 Å². The maximum Gasteiger partial charge on any atom is 0.259 e. The van der Waals surface area contributed by atoms with Gasteiger partial charge in [-0.2, -0.15) is 5.26 Å². The molecular weight excluding hydrogens is 296 g/mol. The first-order valence-electron chi connectivity index (χ1n) is 7.31. The van der Waals surface area contributed by atoms with Crippen molar-refractivity contribution >= 4 is 16.5 Å². The number of H-pyrrole nitrogens is 1. The minimum absolute atomic E-state index is 0.0145. The molecular formula is C16H16N4O3. The summed E-state index contributed by atoms with van der Waals surface area (Å²) in [5, 5.41) is 20.1. The molecule has 2 heterocycles. The predicted octanol–water partition coefficient (Wildman–Crippen LogP) is 1.05. The monoisotopic (exact) mass is 312 g/mol. The van der Waals surface area contributed by atoms with E-state index in [1.165, 1.54) is 0 Å². The van der Waals surface area contributed by atoms with Crippen LogP contribution in [0.5, 0.6) is 0 Å². The molecule has 2 aromatic rings. The molecule has 7 nitrogen and oxygen atoms in total. The van der Waals surface area contributed by atoms with Gasteiger partial charge in [-0.25, -0.2) is 4.98 Å². The zero-order chi connectivity index (χ0) is 16.2. The Morgan fingerprint density at radius 1 is 1.39 bits per heavy atom. The number of nitrogens with one attached hydrogen (secondary N) is 1. The molecule has 1 aliphatic heterocycles. The smallest absolute Gasteiger partial charge is 0.259 e. The van der Waals surface area contributed by atoms with Gasteiger partial charge in [0.2, 0.25) is 0 Å². The molecule has 0 bridgehead atoms. The van der Waals surface area contributed by atoms with Gasteiger partial charge in [-0.3, -0.25) is 9.69 Å². The van der Waals surface area contributed by atoms with Crippen molar-refractivity contribution in [3.63, 3.8) is 0 Å². The van der Waals surface area contributed by atoms with Crippen LogP contribution in [0.4, 0.5) is 0 Å². The summed E-state index contributed by atoms with van der Waals surface area (Å²) in [6.07, 6.45) is 0. The van der Waals surface area contributed by atoms with E-state index in [4.69, 9.17) is 4.74 Å². The van der Waals surface area contributed by atoms with Gasteiger partial charge >= 0.3 is 0 Å². The van der Waals surface area contributed by atoms with Crippen LogP contribution in [0.1, 0.15) is 5.82 Å². The quantitative estimate of drug-likeness (QED) is 0.649. The first-order valence-corrected chi connectivity index (χ1v) is 7.31. The fourth-order valence-electron chi connectivity index (χ4n) is 2.51. The summed E-state index contributed by atoms with van der Waals surface area (Å²) < 4.78 is 5.25. The number of morpholine rings is 1. The van der Waals surface area contributed by atoms with Crippen molar-refractivity contribution in [2.75, 3.05) is 32.8 Å². The average Bonchev–Trinajstić information content (AvgIpc) is 2.56. The Labute approximate surface area is 132 Å². The molecule has 118 valence electrons. The topological polar surface area (TPSA) is 102 Å². The summed E-state index contributed by atoms with van der Waals surface area (Å²) in [7, 11) is 0. The first kappa shape index (κ1) is 15.2. The summed E-state index contributed by atoms with van der Waals surface area (Å²) in [4.78, 5) is 20.9. The van der Waals surface area contributed by atoms with Crippen LogP contribution in [0.3, 0.4) is 0 Å². The molecule has 0 atom stereocenters. The highest BCUT2D eigenvalue weighted by molar-refractivity contribution is 5.81. The maximum absolute atomic E-state index is 12.1. The molecule has 0 unspecified atom stereocenters. The molecule has 1 aromatic heterocycles. The number of aromatic nitrogens is 2. The molecule has 0 radical (unpaired) electrons. The number of para-hydroxylation sites is 1. The highest BCUT2D eigenvalue weighted by Gasteiger charge is 2.17. The number of fused-ring (bicyclic) bond motifs is 1. The first-order chi connectivity index (χ1) is 11.2. The van der Waals surface area contributed by atoms with Gasteiger partial charge < -0.3 is 14.8 Å². The van der Waals surface area contributed by atoms with Crippen LogP contribution in [0.2, 0.25) is 0 Å². The average molecular weight is 312 g/mol. The molecule has 2 N–H and O–H groups in total. The second-order valence-electron chi connectivity index (χ2n) is 5.25. The molecule has 1 aromatic carbocycles. The van der Waals surface area contributed by atoms with E-state index < -0.39 is 0 Å². The van der Waals surface area contributed by atoms with Crippen molar-refractivity contribution in [1.29, 1.82) is 5.26 Å². The number of rotatable bonds is 3. The van der Waals surface area contributed by atoms with Gasteiger partial charge in [-0.15, -0.1) is 0 Å². The molecule has 1 aliphatic rings. The lowest BCUT2D eigenvalue weighted by Crippen LogP contribution is -2.37. The number of aliphatic hydroxyl groups is 1. The van der Waals surface area contributed by atoms with E-state index >= 15 is 0 Å². The summed E-state index contributed by atoms with van der Waals surface area (Å²) >= 11 is 0. The van der Waals surface area contributed by atoms with Crippen molar-refractivity contribution < 1.29 is 9.84 Å². The molecule has 23 heavy (non-hydrogen) atoms. The Morgan fingerprint density at radius 2 is 2.13 bits per heavy atom. The van der Waals surface area contributed by atoms with E-state index in [9.17, 15) is 15.2 Å². The van der Waals surface area contributed by atoms with Gasteiger partial charge in [-0.05, 0) is 12.1 Å². The lowest BCUT2D eigenvalue weighted by atomic mass is 10.2.